The van der Waals surface area contributed by atoms with E-state index >= 15 is 0 Å². The second-order valence-corrected chi connectivity index (χ2v) is 4.68. The van der Waals surface area contributed by atoms with Crippen molar-refractivity contribution in [2.24, 2.45) is 0 Å². The van der Waals surface area contributed by atoms with Crippen molar-refractivity contribution in [3.63, 3.8) is 0 Å². The van der Waals surface area contributed by atoms with Gasteiger partial charge in [-0.05, 0) is 43.3 Å². The molecule has 1 amide bonds. The normalized spacial score (nSPS) is 11.6. The summed E-state index contributed by atoms with van der Waals surface area (Å²) >= 11 is 0. The minimum Gasteiger partial charge on any atom is -0.497 e. The highest BCUT2D eigenvalue weighted by molar-refractivity contribution is 5.93. The average molecular weight is 302 g/mol. The lowest BCUT2D eigenvalue weighted by molar-refractivity contribution is -0.118. The Bertz CT molecular complexity index is 707. The van der Waals surface area contributed by atoms with Crippen molar-refractivity contribution in [3.8, 4) is 11.5 Å². The van der Waals surface area contributed by atoms with E-state index in [4.69, 9.17) is 9.47 Å². The van der Waals surface area contributed by atoms with E-state index in [1.165, 1.54) is 11.7 Å². The predicted octanol–water partition coefficient (Wildman–Crippen LogP) is 2.07. The number of anilines is 1. The van der Waals surface area contributed by atoms with Crippen LogP contribution in [-0.4, -0.2) is 24.7 Å². The molecule has 0 fully saturated rings. The third kappa shape index (κ3) is 3.28. The first-order valence-corrected chi connectivity index (χ1v) is 6.77. The van der Waals surface area contributed by atoms with Crippen LogP contribution < -0.4 is 20.3 Å². The van der Waals surface area contributed by atoms with Gasteiger partial charge in [-0.15, -0.1) is 0 Å². The molecule has 0 aliphatic carbocycles. The van der Waals surface area contributed by atoms with Crippen LogP contribution >= 0.6 is 0 Å². The molecule has 0 saturated carbocycles. The van der Waals surface area contributed by atoms with Gasteiger partial charge >= 0.3 is 0 Å². The summed E-state index contributed by atoms with van der Waals surface area (Å²) in [6, 6.07) is 9.53. The molecule has 2 aromatic rings. The van der Waals surface area contributed by atoms with Gasteiger partial charge in [0.15, 0.2) is 5.75 Å². The molecule has 1 atom stereocenters. The Morgan fingerprint density at radius 2 is 1.82 bits per heavy atom. The summed E-state index contributed by atoms with van der Waals surface area (Å²) in [5.41, 5.74) is 0.288. The van der Waals surface area contributed by atoms with E-state index in [0.717, 1.165) is 0 Å². The number of amides is 1. The van der Waals surface area contributed by atoms with Gasteiger partial charge in [-0.2, -0.15) is 0 Å². The Balaban J connectivity index is 2.16. The molecule has 0 saturated heterocycles. The standard InChI is InChI=1S/C16H18N2O4/c1-11(18-10-4-5-14(22-3)16(18)20)15(19)17-12-6-8-13(21-2)9-7-12/h4-11H,1-3H3,(H,17,19). The minimum atomic E-state index is -0.662. The molecule has 0 radical (unpaired) electrons. The number of carbonyl (C=O) groups is 1. The molecule has 0 aliphatic rings. The zero-order valence-corrected chi connectivity index (χ0v) is 12.7. The zero-order valence-electron chi connectivity index (χ0n) is 12.7. The number of nitrogens with one attached hydrogen (secondary N) is 1. The van der Waals surface area contributed by atoms with E-state index in [9.17, 15) is 9.59 Å². The number of carbonyl (C=O) groups excluding carboxylic acids is 1. The lowest BCUT2D eigenvalue weighted by Gasteiger charge is -2.16. The smallest absolute Gasteiger partial charge is 0.293 e. The van der Waals surface area contributed by atoms with Gasteiger partial charge in [-0.1, -0.05) is 0 Å². The average Bonchev–Trinajstić information content (AvgIpc) is 2.55. The minimum absolute atomic E-state index is 0.201. The maximum absolute atomic E-state index is 12.3. The summed E-state index contributed by atoms with van der Waals surface area (Å²) in [7, 11) is 2.99. The van der Waals surface area contributed by atoms with E-state index in [2.05, 4.69) is 5.32 Å². The number of pyridine rings is 1. The van der Waals surface area contributed by atoms with Crippen LogP contribution in [0.1, 0.15) is 13.0 Å². The molecule has 1 aromatic heterocycles. The first kappa shape index (κ1) is 15.6. The molecular formula is C16H18N2O4. The summed E-state index contributed by atoms with van der Waals surface area (Å²) in [5.74, 6) is 0.613. The molecule has 6 heteroatoms. The Morgan fingerprint density at radius 1 is 1.14 bits per heavy atom. The molecule has 1 aromatic carbocycles. The maximum Gasteiger partial charge on any atom is 0.293 e. The van der Waals surface area contributed by atoms with Crippen LogP contribution in [0.3, 0.4) is 0 Å². The van der Waals surface area contributed by atoms with E-state index in [-0.39, 0.29) is 17.2 Å². The van der Waals surface area contributed by atoms with Crippen molar-refractivity contribution < 1.29 is 14.3 Å². The maximum atomic E-state index is 12.3. The molecule has 22 heavy (non-hydrogen) atoms. The lowest BCUT2D eigenvalue weighted by atomic mass is 10.2. The van der Waals surface area contributed by atoms with Crippen molar-refractivity contribution in [2.45, 2.75) is 13.0 Å². The Hall–Kier alpha value is -2.76. The van der Waals surface area contributed by atoms with Crippen molar-refractivity contribution in [1.29, 1.82) is 0 Å². The first-order valence-electron chi connectivity index (χ1n) is 6.77. The molecule has 2 rings (SSSR count). The van der Waals surface area contributed by atoms with Gasteiger partial charge in [0, 0.05) is 11.9 Å². The number of nitrogens with zero attached hydrogens (tertiary/aromatic N) is 1. The van der Waals surface area contributed by atoms with Crippen LogP contribution in [0.5, 0.6) is 11.5 Å². The van der Waals surface area contributed by atoms with Crippen molar-refractivity contribution >= 4 is 11.6 Å². The molecule has 1 unspecified atom stereocenters. The third-order valence-electron chi connectivity index (χ3n) is 3.31. The van der Waals surface area contributed by atoms with E-state index in [1.807, 2.05) is 0 Å². The summed E-state index contributed by atoms with van der Waals surface area (Å²) in [4.78, 5) is 24.4. The molecule has 0 spiro atoms. The molecular weight excluding hydrogens is 284 g/mol. The van der Waals surface area contributed by atoms with Crippen LogP contribution in [-0.2, 0) is 4.79 Å². The Kier molecular flexibility index (Phi) is 4.83. The Labute approximate surface area is 128 Å². The van der Waals surface area contributed by atoms with Crippen molar-refractivity contribution in [1.82, 2.24) is 4.57 Å². The highest BCUT2D eigenvalue weighted by Crippen LogP contribution is 2.16. The van der Waals surface area contributed by atoms with Gasteiger partial charge in [0.2, 0.25) is 5.91 Å². The SMILES string of the molecule is COc1ccc(NC(=O)C(C)n2cccc(OC)c2=O)cc1. The van der Waals surface area contributed by atoms with Crippen molar-refractivity contribution in [3.05, 3.63) is 52.9 Å². The van der Waals surface area contributed by atoms with E-state index < -0.39 is 6.04 Å². The molecule has 1 N–H and O–H groups in total. The van der Waals surface area contributed by atoms with Gasteiger partial charge in [-0.3, -0.25) is 9.59 Å². The third-order valence-corrected chi connectivity index (χ3v) is 3.31. The number of ether oxygens (including phenoxy) is 2. The summed E-state index contributed by atoms with van der Waals surface area (Å²) in [6.45, 7) is 1.65. The van der Waals surface area contributed by atoms with Gasteiger partial charge in [0.05, 0.1) is 14.2 Å². The zero-order chi connectivity index (χ0) is 16.1. The van der Waals surface area contributed by atoms with Crippen LogP contribution in [0.2, 0.25) is 0 Å². The molecule has 116 valence electrons. The van der Waals surface area contributed by atoms with Crippen LogP contribution in [0, 0.1) is 0 Å². The number of hydrogen-bond acceptors (Lipinski definition) is 4. The van der Waals surface area contributed by atoms with Gasteiger partial charge in [-0.25, -0.2) is 0 Å². The van der Waals surface area contributed by atoms with E-state index in [1.54, 1.807) is 56.6 Å². The highest BCUT2D eigenvalue weighted by atomic mass is 16.5. The monoisotopic (exact) mass is 302 g/mol. The summed E-state index contributed by atoms with van der Waals surface area (Å²) in [6.07, 6.45) is 1.56. The van der Waals surface area contributed by atoms with Crippen LogP contribution in [0.4, 0.5) is 5.69 Å². The number of methoxy groups -OCH3 is 2. The second-order valence-electron chi connectivity index (χ2n) is 4.68. The number of benzene rings is 1. The van der Waals surface area contributed by atoms with Gasteiger partial charge < -0.3 is 19.4 Å². The quantitative estimate of drug-likeness (QED) is 0.918. The van der Waals surface area contributed by atoms with Crippen LogP contribution in [0.25, 0.3) is 0 Å². The fourth-order valence-electron chi connectivity index (χ4n) is 2.00. The predicted molar refractivity (Wildman–Crippen MR) is 83.6 cm³/mol. The molecule has 6 nitrogen and oxygen atoms in total. The largest absolute Gasteiger partial charge is 0.497 e. The summed E-state index contributed by atoms with van der Waals surface area (Å²) < 4.78 is 11.4. The van der Waals surface area contributed by atoms with Crippen molar-refractivity contribution in [2.75, 3.05) is 19.5 Å². The van der Waals surface area contributed by atoms with Gasteiger partial charge in [0.1, 0.15) is 11.8 Å². The number of rotatable bonds is 5. The highest BCUT2D eigenvalue weighted by Gasteiger charge is 2.17. The topological polar surface area (TPSA) is 69.6 Å². The summed E-state index contributed by atoms with van der Waals surface area (Å²) in [5, 5.41) is 2.76. The first-order chi connectivity index (χ1) is 10.6. The Morgan fingerprint density at radius 3 is 2.41 bits per heavy atom. The fraction of sp³-hybridized carbons (Fsp3) is 0.250. The van der Waals surface area contributed by atoms with Gasteiger partial charge in [0.25, 0.3) is 5.56 Å². The van der Waals surface area contributed by atoms with E-state index in [0.29, 0.717) is 11.4 Å². The molecule has 0 bridgehead atoms. The number of aromatic nitrogens is 1. The fourth-order valence-corrected chi connectivity index (χ4v) is 2.00. The number of hydrogen-bond donors (Lipinski definition) is 1. The second kappa shape index (κ2) is 6.80. The lowest BCUT2D eigenvalue weighted by Crippen LogP contribution is -2.31. The molecule has 0 aliphatic heterocycles. The molecule has 1 heterocycles. The van der Waals surface area contributed by atoms with Crippen LogP contribution in [0.15, 0.2) is 47.4 Å².